The number of benzene rings is 2. The fraction of sp³-hybridized carbons (Fsp3) is 0.0455. The van der Waals surface area contributed by atoms with Crippen LogP contribution >= 0.6 is 11.3 Å². The summed E-state index contributed by atoms with van der Waals surface area (Å²) in [5, 5.41) is 7.49. The summed E-state index contributed by atoms with van der Waals surface area (Å²) in [6.45, 7) is 1.78. The standard InChI is InChI=1S/C22H17N3O3S/c1-14-23-19(13-28-14)15-8-10-16(11-9-15)24-21(26)17-5-2-3-6-18(17)25-22(27)20-7-4-12-29-20/h2-13H,1H3,(H,24,26)(H,25,27). The van der Waals surface area contributed by atoms with E-state index in [2.05, 4.69) is 15.6 Å². The van der Waals surface area contributed by atoms with Crippen molar-refractivity contribution in [2.45, 2.75) is 6.92 Å². The quantitative estimate of drug-likeness (QED) is 0.479. The maximum absolute atomic E-state index is 12.8. The molecular weight excluding hydrogens is 386 g/mol. The van der Waals surface area contributed by atoms with Gasteiger partial charge in [0, 0.05) is 18.2 Å². The van der Waals surface area contributed by atoms with Crippen molar-refractivity contribution in [2.24, 2.45) is 0 Å². The first kappa shape index (κ1) is 18.6. The lowest BCUT2D eigenvalue weighted by molar-refractivity contribution is 0.102. The SMILES string of the molecule is Cc1nc(-c2ccc(NC(=O)c3ccccc3NC(=O)c3cccs3)cc2)co1. The second-order valence-corrected chi connectivity index (χ2v) is 7.21. The van der Waals surface area contributed by atoms with Gasteiger partial charge in [0.15, 0.2) is 5.89 Å². The van der Waals surface area contributed by atoms with Gasteiger partial charge in [-0.25, -0.2) is 4.98 Å². The Hall–Kier alpha value is -3.71. The summed E-state index contributed by atoms with van der Waals surface area (Å²) in [5.41, 5.74) is 3.11. The third-order valence-electron chi connectivity index (χ3n) is 4.22. The molecule has 0 atom stereocenters. The van der Waals surface area contributed by atoms with Gasteiger partial charge in [0.25, 0.3) is 11.8 Å². The number of para-hydroxylation sites is 1. The Morgan fingerprint density at radius 1 is 0.931 bits per heavy atom. The largest absolute Gasteiger partial charge is 0.449 e. The van der Waals surface area contributed by atoms with E-state index in [0.717, 1.165) is 11.3 Å². The van der Waals surface area contributed by atoms with Gasteiger partial charge in [-0.1, -0.05) is 30.3 Å². The van der Waals surface area contributed by atoms with Crippen LogP contribution < -0.4 is 10.6 Å². The van der Waals surface area contributed by atoms with Crippen LogP contribution in [0.5, 0.6) is 0 Å². The van der Waals surface area contributed by atoms with E-state index in [4.69, 9.17) is 4.42 Å². The molecule has 0 aliphatic carbocycles. The molecule has 2 aromatic heterocycles. The van der Waals surface area contributed by atoms with Gasteiger partial charge in [-0.15, -0.1) is 11.3 Å². The maximum atomic E-state index is 12.8. The fourth-order valence-corrected chi connectivity index (χ4v) is 3.42. The van der Waals surface area contributed by atoms with Crippen molar-refractivity contribution in [3.8, 4) is 11.3 Å². The Balaban J connectivity index is 1.49. The maximum Gasteiger partial charge on any atom is 0.265 e. The molecule has 0 aliphatic rings. The van der Waals surface area contributed by atoms with Crippen LogP contribution in [0, 0.1) is 6.92 Å². The summed E-state index contributed by atoms with van der Waals surface area (Å²) >= 11 is 1.34. The highest BCUT2D eigenvalue weighted by Crippen LogP contribution is 2.23. The van der Waals surface area contributed by atoms with E-state index >= 15 is 0 Å². The first-order valence-corrected chi connectivity index (χ1v) is 9.76. The van der Waals surface area contributed by atoms with E-state index in [0.29, 0.717) is 27.7 Å². The smallest absolute Gasteiger partial charge is 0.265 e. The molecule has 2 N–H and O–H groups in total. The normalized spacial score (nSPS) is 10.5. The Morgan fingerprint density at radius 2 is 1.72 bits per heavy atom. The van der Waals surface area contributed by atoms with E-state index in [1.165, 1.54) is 11.3 Å². The Morgan fingerprint density at radius 3 is 2.41 bits per heavy atom. The molecule has 0 aliphatic heterocycles. The predicted molar refractivity (Wildman–Crippen MR) is 113 cm³/mol. The molecular formula is C22H17N3O3S. The van der Waals surface area contributed by atoms with E-state index in [9.17, 15) is 9.59 Å². The minimum atomic E-state index is -0.308. The minimum absolute atomic E-state index is 0.243. The summed E-state index contributed by atoms with van der Waals surface area (Å²) in [5.74, 6) is 0.0446. The average molecular weight is 403 g/mol. The monoisotopic (exact) mass is 403 g/mol. The molecule has 0 unspecified atom stereocenters. The van der Waals surface area contributed by atoms with Gasteiger partial charge >= 0.3 is 0 Å². The van der Waals surface area contributed by atoms with Gasteiger partial charge in [-0.05, 0) is 35.7 Å². The number of oxazole rings is 1. The molecule has 6 nitrogen and oxygen atoms in total. The Labute approximate surface area is 171 Å². The van der Waals surface area contributed by atoms with E-state index in [-0.39, 0.29) is 11.8 Å². The number of aryl methyl sites for hydroxylation is 1. The highest BCUT2D eigenvalue weighted by atomic mass is 32.1. The fourth-order valence-electron chi connectivity index (χ4n) is 2.80. The van der Waals surface area contributed by atoms with Gasteiger partial charge in [0.1, 0.15) is 12.0 Å². The van der Waals surface area contributed by atoms with Crippen molar-refractivity contribution in [3.05, 3.63) is 88.6 Å². The molecule has 144 valence electrons. The lowest BCUT2D eigenvalue weighted by Gasteiger charge is -2.11. The molecule has 0 bridgehead atoms. The molecule has 4 rings (SSSR count). The first-order valence-electron chi connectivity index (χ1n) is 8.88. The second kappa shape index (κ2) is 8.12. The molecule has 0 spiro atoms. The van der Waals surface area contributed by atoms with Crippen LogP contribution in [-0.4, -0.2) is 16.8 Å². The van der Waals surface area contributed by atoms with Crippen LogP contribution in [0.1, 0.15) is 25.9 Å². The molecule has 4 aromatic rings. The van der Waals surface area contributed by atoms with Crippen LogP contribution in [-0.2, 0) is 0 Å². The number of aromatic nitrogens is 1. The van der Waals surface area contributed by atoms with E-state index in [1.54, 1.807) is 55.7 Å². The molecule has 7 heteroatoms. The molecule has 0 fully saturated rings. The van der Waals surface area contributed by atoms with Crippen LogP contribution in [0.2, 0.25) is 0 Å². The zero-order valence-electron chi connectivity index (χ0n) is 15.5. The lowest BCUT2D eigenvalue weighted by atomic mass is 10.1. The number of amides is 2. The number of rotatable bonds is 5. The number of thiophene rings is 1. The van der Waals surface area contributed by atoms with Gasteiger partial charge in [-0.2, -0.15) is 0 Å². The Bertz CT molecular complexity index is 1150. The predicted octanol–water partition coefficient (Wildman–Crippen LogP) is 5.22. The topological polar surface area (TPSA) is 84.2 Å². The number of nitrogens with one attached hydrogen (secondary N) is 2. The van der Waals surface area contributed by atoms with Crippen LogP contribution in [0.3, 0.4) is 0 Å². The van der Waals surface area contributed by atoms with Crippen molar-refractivity contribution in [2.75, 3.05) is 10.6 Å². The molecule has 29 heavy (non-hydrogen) atoms. The Kier molecular flexibility index (Phi) is 5.22. The number of hydrogen-bond acceptors (Lipinski definition) is 5. The lowest BCUT2D eigenvalue weighted by Crippen LogP contribution is -2.17. The van der Waals surface area contributed by atoms with Crippen LogP contribution in [0.25, 0.3) is 11.3 Å². The molecule has 0 saturated heterocycles. The zero-order chi connectivity index (χ0) is 20.2. The summed E-state index contributed by atoms with van der Waals surface area (Å²) in [6.07, 6.45) is 1.59. The molecule has 2 amide bonds. The number of carbonyl (C=O) groups is 2. The molecule has 0 radical (unpaired) electrons. The van der Waals surface area contributed by atoms with Crippen molar-refractivity contribution >= 4 is 34.5 Å². The zero-order valence-corrected chi connectivity index (χ0v) is 16.3. The van der Waals surface area contributed by atoms with Crippen molar-refractivity contribution in [1.29, 1.82) is 0 Å². The third-order valence-corrected chi connectivity index (χ3v) is 5.09. The van der Waals surface area contributed by atoms with Gasteiger partial charge in [0.05, 0.1) is 16.1 Å². The highest BCUT2D eigenvalue weighted by molar-refractivity contribution is 7.12. The van der Waals surface area contributed by atoms with Gasteiger partial charge in [0.2, 0.25) is 0 Å². The second-order valence-electron chi connectivity index (χ2n) is 6.26. The number of hydrogen-bond donors (Lipinski definition) is 2. The third kappa shape index (κ3) is 4.25. The van der Waals surface area contributed by atoms with Gasteiger partial charge < -0.3 is 15.1 Å². The van der Waals surface area contributed by atoms with E-state index in [1.807, 2.05) is 23.6 Å². The van der Waals surface area contributed by atoms with Gasteiger partial charge in [-0.3, -0.25) is 9.59 Å². The first-order chi connectivity index (χ1) is 14.1. The summed E-state index contributed by atoms with van der Waals surface area (Å²) in [7, 11) is 0. The molecule has 2 heterocycles. The van der Waals surface area contributed by atoms with Crippen LogP contribution in [0.15, 0.2) is 76.7 Å². The molecule has 2 aromatic carbocycles. The van der Waals surface area contributed by atoms with Crippen LogP contribution in [0.4, 0.5) is 11.4 Å². The summed E-state index contributed by atoms with van der Waals surface area (Å²) in [4.78, 5) is 30.0. The number of anilines is 2. The van der Waals surface area contributed by atoms with Crippen molar-refractivity contribution in [1.82, 2.24) is 4.98 Å². The van der Waals surface area contributed by atoms with Crippen molar-refractivity contribution < 1.29 is 14.0 Å². The van der Waals surface area contributed by atoms with Crippen molar-refractivity contribution in [3.63, 3.8) is 0 Å². The molecule has 0 saturated carbocycles. The summed E-state index contributed by atoms with van der Waals surface area (Å²) < 4.78 is 5.23. The summed E-state index contributed by atoms with van der Waals surface area (Å²) in [6, 6.07) is 17.8. The highest BCUT2D eigenvalue weighted by Gasteiger charge is 2.15. The number of carbonyl (C=O) groups excluding carboxylic acids is 2. The van der Waals surface area contributed by atoms with E-state index < -0.39 is 0 Å². The number of nitrogens with zero attached hydrogens (tertiary/aromatic N) is 1. The minimum Gasteiger partial charge on any atom is -0.449 e. The average Bonchev–Trinajstić information content (AvgIpc) is 3.41.